The molecule has 0 atom stereocenters. The van der Waals surface area contributed by atoms with Gasteiger partial charge in [-0.2, -0.15) is 0 Å². The molecular weight excluding hydrogens is 631 g/mol. The first kappa shape index (κ1) is 29.3. The lowest BCUT2D eigenvalue weighted by Crippen LogP contribution is -2.42. The maximum absolute atomic E-state index is 5.53. The zero-order valence-electron chi connectivity index (χ0n) is 28.5. The first-order valence-electron chi connectivity index (χ1n) is 18.2. The van der Waals surface area contributed by atoms with Gasteiger partial charge in [0.2, 0.25) is 0 Å². The number of rotatable bonds is 4. The van der Waals surface area contributed by atoms with Gasteiger partial charge in [0.25, 0.3) is 0 Å². The molecule has 8 aromatic carbocycles. The molecule has 12 rings (SSSR count). The van der Waals surface area contributed by atoms with E-state index in [-0.39, 0.29) is 0 Å². The summed E-state index contributed by atoms with van der Waals surface area (Å²) < 4.78 is 0. The molecular formula is C49H33N3. The van der Waals surface area contributed by atoms with Crippen LogP contribution >= 0.6 is 0 Å². The lowest BCUT2D eigenvalue weighted by Gasteiger charge is -2.48. The molecule has 52 heavy (non-hydrogen) atoms. The second-order valence-electron chi connectivity index (χ2n) is 14.3. The molecule has 9 aromatic rings. The molecule has 1 heterocycles. The summed E-state index contributed by atoms with van der Waals surface area (Å²) in [5.74, 6) is 2.60. The Morgan fingerprint density at radius 2 is 0.885 bits per heavy atom. The van der Waals surface area contributed by atoms with Crippen LogP contribution in [0.5, 0.6) is 0 Å². The summed E-state index contributed by atoms with van der Waals surface area (Å²) in [5, 5.41) is 7.44. The minimum atomic E-state index is -0.481. The van der Waals surface area contributed by atoms with Crippen molar-refractivity contribution >= 4 is 32.3 Å². The van der Waals surface area contributed by atoms with Crippen molar-refractivity contribution in [3.8, 4) is 33.9 Å². The third kappa shape index (κ3) is 4.23. The molecule has 3 aliphatic carbocycles. The first-order chi connectivity index (χ1) is 25.8. The van der Waals surface area contributed by atoms with Gasteiger partial charge < -0.3 is 0 Å². The van der Waals surface area contributed by atoms with Gasteiger partial charge in [-0.3, -0.25) is 0 Å². The molecule has 0 aliphatic heterocycles. The van der Waals surface area contributed by atoms with E-state index < -0.39 is 5.41 Å². The van der Waals surface area contributed by atoms with Gasteiger partial charge in [0, 0.05) is 17.0 Å². The van der Waals surface area contributed by atoms with Gasteiger partial charge in [-0.15, -0.1) is 0 Å². The van der Waals surface area contributed by atoms with Crippen molar-refractivity contribution < 1.29 is 0 Å². The minimum Gasteiger partial charge on any atom is -0.212 e. The number of nitrogens with zero attached hydrogens (tertiary/aromatic N) is 3. The van der Waals surface area contributed by atoms with E-state index in [0.29, 0.717) is 17.6 Å². The van der Waals surface area contributed by atoms with E-state index in [2.05, 4.69) is 170 Å². The van der Waals surface area contributed by atoms with Crippen molar-refractivity contribution in [3.05, 3.63) is 198 Å². The van der Waals surface area contributed by atoms with E-state index in [4.69, 9.17) is 15.0 Å². The van der Waals surface area contributed by atoms with E-state index in [0.717, 1.165) is 35.4 Å². The maximum atomic E-state index is 5.53. The second kappa shape index (κ2) is 11.3. The molecule has 0 radical (unpaired) electrons. The van der Waals surface area contributed by atoms with Crippen LogP contribution in [0.25, 0.3) is 66.2 Å². The summed E-state index contributed by atoms with van der Waals surface area (Å²) in [6, 6.07) is 61.3. The molecule has 0 fully saturated rings. The van der Waals surface area contributed by atoms with Crippen molar-refractivity contribution in [2.24, 2.45) is 0 Å². The molecule has 2 bridgehead atoms. The predicted octanol–water partition coefficient (Wildman–Crippen LogP) is 11.9. The summed E-state index contributed by atoms with van der Waals surface area (Å²) >= 11 is 0. The molecule has 3 nitrogen and oxygen atoms in total. The average Bonchev–Trinajstić information content (AvgIpc) is 3.24. The normalized spacial score (nSPS) is 17.3. The largest absolute Gasteiger partial charge is 0.212 e. The summed E-state index contributed by atoms with van der Waals surface area (Å²) in [4.78, 5) is 16.3. The monoisotopic (exact) mass is 663 g/mol. The Kier molecular flexibility index (Phi) is 6.35. The maximum Gasteiger partial charge on any atom is 0.163 e. The number of hydrogen-bond acceptors (Lipinski definition) is 3. The Morgan fingerprint density at radius 3 is 1.54 bits per heavy atom. The highest BCUT2D eigenvalue weighted by atomic mass is 15.0. The van der Waals surface area contributed by atoms with Crippen molar-refractivity contribution in [2.45, 2.75) is 24.2 Å². The lowest BCUT2D eigenvalue weighted by molar-refractivity contribution is 0.409. The number of hydrogen-bond donors (Lipinski definition) is 0. The lowest BCUT2D eigenvalue weighted by atomic mass is 9.55. The van der Waals surface area contributed by atoms with Crippen molar-refractivity contribution in [1.82, 2.24) is 15.0 Å². The summed E-state index contributed by atoms with van der Waals surface area (Å²) in [5.41, 5.74) is 9.22. The van der Waals surface area contributed by atoms with Crippen LogP contribution in [-0.4, -0.2) is 15.0 Å². The van der Waals surface area contributed by atoms with Gasteiger partial charge in [-0.1, -0.05) is 158 Å². The van der Waals surface area contributed by atoms with Gasteiger partial charge in [-0.25, -0.2) is 15.0 Å². The smallest absolute Gasteiger partial charge is 0.163 e. The zero-order valence-corrected chi connectivity index (χ0v) is 28.5. The third-order valence-electron chi connectivity index (χ3n) is 11.6. The van der Waals surface area contributed by atoms with E-state index in [1.807, 2.05) is 0 Å². The zero-order chi connectivity index (χ0) is 34.2. The van der Waals surface area contributed by atoms with Gasteiger partial charge in [0.1, 0.15) is 5.82 Å². The van der Waals surface area contributed by atoms with Crippen LogP contribution in [0.1, 0.15) is 46.8 Å². The Bertz CT molecular complexity index is 2790. The predicted molar refractivity (Wildman–Crippen MR) is 212 cm³/mol. The fourth-order valence-electron chi connectivity index (χ4n) is 9.33. The summed E-state index contributed by atoms with van der Waals surface area (Å²) in [6.45, 7) is 0. The van der Waals surface area contributed by atoms with E-state index in [1.54, 1.807) is 0 Å². The first-order valence-corrected chi connectivity index (χ1v) is 18.2. The van der Waals surface area contributed by atoms with Crippen molar-refractivity contribution in [2.75, 3.05) is 0 Å². The van der Waals surface area contributed by atoms with Gasteiger partial charge in [-0.05, 0) is 90.7 Å². The van der Waals surface area contributed by atoms with Crippen LogP contribution in [-0.2, 0) is 5.41 Å². The summed E-state index contributed by atoms with van der Waals surface area (Å²) in [6.07, 6.45) is 2.01. The topological polar surface area (TPSA) is 38.7 Å². The summed E-state index contributed by atoms with van der Waals surface area (Å²) in [7, 11) is 0. The Labute approximate surface area is 302 Å². The number of aromatic nitrogens is 3. The van der Waals surface area contributed by atoms with E-state index in [1.165, 1.54) is 60.1 Å². The molecule has 1 aromatic heterocycles. The molecule has 0 spiro atoms. The SMILES string of the molecule is c1ccc(-c2cccc(-c3nc(-c4ccc5c6ccccc6c6ccccc6c5c4)nc(C45CCC(c6ccccc64)c4ccccc45)n3)c2)cc1. The second-order valence-corrected chi connectivity index (χ2v) is 14.3. The third-order valence-corrected chi connectivity index (χ3v) is 11.6. The molecule has 0 unspecified atom stereocenters. The average molecular weight is 664 g/mol. The van der Waals surface area contributed by atoms with Crippen LogP contribution < -0.4 is 0 Å². The van der Waals surface area contributed by atoms with Crippen LogP contribution in [0, 0.1) is 0 Å². The fraction of sp³-hybridized carbons (Fsp3) is 0.0816. The number of benzene rings is 8. The van der Waals surface area contributed by atoms with Crippen LogP contribution in [0.3, 0.4) is 0 Å². The van der Waals surface area contributed by atoms with Gasteiger partial charge in [0.05, 0.1) is 5.41 Å². The number of fused-ring (bicyclic) bond motifs is 7. The quantitative estimate of drug-likeness (QED) is 0.176. The van der Waals surface area contributed by atoms with E-state index in [9.17, 15) is 0 Å². The highest BCUT2D eigenvalue weighted by Gasteiger charge is 2.51. The molecule has 0 saturated carbocycles. The molecule has 3 heteroatoms. The molecule has 0 amide bonds. The van der Waals surface area contributed by atoms with Gasteiger partial charge in [0.15, 0.2) is 11.6 Å². The van der Waals surface area contributed by atoms with Crippen LogP contribution in [0.2, 0.25) is 0 Å². The van der Waals surface area contributed by atoms with Crippen LogP contribution in [0.15, 0.2) is 170 Å². The fourth-order valence-corrected chi connectivity index (χ4v) is 9.33. The Hall–Kier alpha value is -6.45. The Morgan fingerprint density at radius 1 is 0.385 bits per heavy atom. The standard InChI is InChI=1S/C49H33N3/c1-2-13-31(14-3-1)32-15-12-16-33(29-32)46-50-47(34-25-26-39-37-19-5-4-17-35(37)36-18-6-7-20-38(36)43(39)30-34)52-48(51-46)49-28-27-40(41-21-8-10-23-44(41)49)42-22-9-11-24-45(42)49/h1-26,29-30,40H,27-28H2. The molecule has 244 valence electrons. The highest BCUT2D eigenvalue weighted by Crippen LogP contribution is 2.58. The highest BCUT2D eigenvalue weighted by molar-refractivity contribution is 6.25. The van der Waals surface area contributed by atoms with Crippen molar-refractivity contribution in [1.29, 1.82) is 0 Å². The minimum absolute atomic E-state index is 0.390. The molecule has 0 N–H and O–H groups in total. The molecule has 0 saturated heterocycles. The van der Waals surface area contributed by atoms with Gasteiger partial charge >= 0.3 is 0 Å². The van der Waals surface area contributed by atoms with Crippen LogP contribution in [0.4, 0.5) is 0 Å². The Balaban J connectivity index is 1.20. The van der Waals surface area contributed by atoms with E-state index >= 15 is 0 Å². The van der Waals surface area contributed by atoms with Crippen molar-refractivity contribution in [3.63, 3.8) is 0 Å². The molecule has 3 aliphatic rings.